The number of hydrogen-bond acceptors (Lipinski definition) is 5. The third-order valence-electron chi connectivity index (χ3n) is 3.42. The molecule has 0 unspecified atom stereocenters. The summed E-state index contributed by atoms with van der Waals surface area (Å²) in [4.78, 5) is 11.9. The molecule has 0 aliphatic heterocycles. The highest BCUT2D eigenvalue weighted by molar-refractivity contribution is 5.92. The van der Waals surface area contributed by atoms with Gasteiger partial charge in [-0.15, -0.1) is 10.2 Å². The van der Waals surface area contributed by atoms with Gasteiger partial charge in [0.05, 0.1) is 0 Å². The molecule has 2 aromatic carbocycles. The summed E-state index contributed by atoms with van der Waals surface area (Å²) in [5, 5.41) is 13.9. The van der Waals surface area contributed by atoms with Crippen LogP contribution in [0.3, 0.4) is 0 Å². The van der Waals surface area contributed by atoms with Crippen LogP contribution in [-0.2, 0) is 0 Å². The molecule has 0 saturated carbocycles. The zero-order chi connectivity index (χ0) is 18.4. The minimum atomic E-state index is -0.235. The number of rotatable bonds is 6. The summed E-state index contributed by atoms with van der Waals surface area (Å²) >= 11 is 0. The van der Waals surface area contributed by atoms with E-state index in [9.17, 15) is 4.79 Å². The van der Waals surface area contributed by atoms with Gasteiger partial charge in [-0.2, -0.15) is 0 Å². The van der Waals surface area contributed by atoms with E-state index in [1.807, 2.05) is 68.4 Å². The van der Waals surface area contributed by atoms with Gasteiger partial charge in [-0.1, -0.05) is 18.2 Å². The predicted molar refractivity (Wildman–Crippen MR) is 101 cm³/mol. The van der Waals surface area contributed by atoms with Gasteiger partial charge < -0.3 is 15.4 Å². The average Bonchev–Trinajstić information content (AvgIpc) is 2.64. The molecule has 1 amide bonds. The minimum absolute atomic E-state index is 0.0544. The summed E-state index contributed by atoms with van der Waals surface area (Å²) in [7, 11) is 0. The van der Waals surface area contributed by atoms with Gasteiger partial charge >= 0.3 is 0 Å². The van der Waals surface area contributed by atoms with Gasteiger partial charge in [-0.05, 0) is 62.4 Å². The Balaban J connectivity index is 1.61. The van der Waals surface area contributed by atoms with Crippen LogP contribution in [0.5, 0.6) is 11.5 Å². The van der Waals surface area contributed by atoms with Crippen molar-refractivity contribution >= 4 is 17.4 Å². The molecule has 0 saturated heterocycles. The maximum Gasteiger partial charge on any atom is 0.271 e. The van der Waals surface area contributed by atoms with Crippen molar-refractivity contribution in [2.24, 2.45) is 0 Å². The third-order valence-corrected chi connectivity index (χ3v) is 3.42. The molecule has 6 heteroatoms. The van der Waals surface area contributed by atoms with Gasteiger partial charge in [0.25, 0.3) is 5.91 Å². The molecule has 1 aromatic heterocycles. The monoisotopic (exact) mass is 348 g/mol. The van der Waals surface area contributed by atoms with Crippen molar-refractivity contribution in [1.82, 2.24) is 15.5 Å². The van der Waals surface area contributed by atoms with Gasteiger partial charge in [0, 0.05) is 11.7 Å². The van der Waals surface area contributed by atoms with Crippen LogP contribution in [0, 0.1) is 0 Å². The SMILES string of the molecule is CC(C)NC(=O)c1ccc(Nc2ccc(Oc3ccccc3)cc2)nn1. The zero-order valence-electron chi connectivity index (χ0n) is 14.6. The molecule has 0 fully saturated rings. The van der Waals surface area contributed by atoms with Crippen molar-refractivity contribution < 1.29 is 9.53 Å². The number of carbonyl (C=O) groups excluding carboxylic acids is 1. The molecule has 0 aliphatic rings. The maximum absolute atomic E-state index is 11.9. The highest BCUT2D eigenvalue weighted by Gasteiger charge is 2.09. The first kappa shape index (κ1) is 17.4. The van der Waals surface area contributed by atoms with Crippen molar-refractivity contribution in [3.8, 4) is 11.5 Å². The molecule has 0 radical (unpaired) electrons. The number of nitrogens with one attached hydrogen (secondary N) is 2. The molecule has 0 aliphatic carbocycles. The second-order valence-corrected chi connectivity index (χ2v) is 6.00. The van der Waals surface area contributed by atoms with Crippen molar-refractivity contribution in [3.05, 3.63) is 72.4 Å². The maximum atomic E-state index is 11.9. The van der Waals surface area contributed by atoms with Gasteiger partial charge in [-0.25, -0.2) is 0 Å². The van der Waals surface area contributed by atoms with Gasteiger partial charge in [0.15, 0.2) is 11.5 Å². The van der Waals surface area contributed by atoms with E-state index in [2.05, 4.69) is 20.8 Å². The fourth-order valence-corrected chi connectivity index (χ4v) is 2.23. The quantitative estimate of drug-likeness (QED) is 0.700. The number of benzene rings is 2. The first-order valence-corrected chi connectivity index (χ1v) is 8.35. The van der Waals surface area contributed by atoms with Gasteiger partial charge in [0.2, 0.25) is 0 Å². The lowest BCUT2D eigenvalue weighted by Crippen LogP contribution is -2.30. The fraction of sp³-hybridized carbons (Fsp3) is 0.150. The van der Waals surface area contributed by atoms with Gasteiger partial charge in [0.1, 0.15) is 11.5 Å². The van der Waals surface area contributed by atoms with E-state index in [1.165, 1.54) is 0 Å². The first-order chi connectivity index (χ1) is 12.6. The standard InChI is InChI=1S/C20H20N4O2/c1-14(2)21-20(25)18-12-13-19(24-23-18)22-15-8-10-17(11-9-15)26-16-6-4-3-5-7-16/h3-14H,1-2H3,(H,21,25)(H,22,24). The number of ether oxygens (including phenoxy) is 1. The van der Waals surface area contributed by atoms with E-state index in [0.29, 0.717) is 5.82 Å². The Labute approximate surface area is 152 Å². The van der Waals surface area contributed by atoms with Crippen LogP contribution in [0.25, 0.3) is 0 Å². The van der Waals surface area contributed by atoms with Crippen LogP contribution in [0.1, 0.15) is 24.3 Å². The number of aromatic nitrogens is 2. The molecule has 26 heavy (non-hydrogen) atoms. The van der Waals surface area contributed by atoms with Crippen LogP contribution in [-0.4, -0.2) is 22.1 Å². The second kappa shape index (κ2) is 8.11. The van der Waals surface area contributed by atoms with Gasteiger partial charge in [-0.3, -0.25) is 4.79 Å². The van der Waals surface area contributed by atoms with Crippen LogP contribution < -0.4 is 15.4 Å². The van der Waals surface area contributed by atoms with Crippen molar-refractivity contribution in [2.45, 2.75) is 19.9 Å². The van der Waals surface area contributed by atoms with Crippen LogP contribution in [0.15, 0.2) is 66.7 Å². The number of anilines is 2. The Hall–Kier alpha value is -3.41. The Bertz CT molecular complexity index is 847. The molecule has 0 spiro atoms. The minimum Gasteiger partial charge on any atom is -0.457 e. The van der Waals surface area contributed by atoms with E-state index < -0.39 is 0 Å². The Morgan fingerprint density at radius 2 is 1.58 bits per heavy atom. The normalized spacial score (nSPS) is 10.4. The molecule has 3 rings (SSSR count). The van der Waals surface area contributed by atoms with E-state index >= 15 is 0 Å². The molecule has 2 N–H and O–H groups in total. The number of nitrogens with zero attached hydrogens (tertiary/aromatic N) is 2. The second-order valence-electron chi connectivity index (χ2n) is 6.00. The molecule has 1 heterocycles. The highest BCUT2D eigenvalue weighted by Crippen LogP contribution is 2.23. The van der Waals surface area contributed by atoms with Crippen molar-refractivity contribution in [2.75, 3.05) is 5.32 Å². The number of para-hydroxylation sites is 1. The molecule has 3 aromatic rings. The average molecular weight is 348 g/mol. The van der Waals surface area contributed by atoms with Crippen LogP contribution in [0.2, 0.25) is 0 Å². The summed E-state index contributed by atoms with van der Waals surface area (Å²) < 4.78 is 5.76. The summed E-state index contributed by atoms with van der Waals surface area (Å²) in [6.07, 6.45) is 0. The Morgan fingerprint density at radius 1 is 0.885 bits per heavy atom. The number of carbonyl (C=O) groups is 1. The summed E-state index contributed by atoms with van der Waals surface area (Å²) in [6, 6.07) is 20.5. The summed E-state index contributed by atoms with van der Waals surface area (Å²) in [6.45, 7) is 3.79. The predicted octanol–water partition coefficient (Wildman–Crippen LogP) is 4.15. The molecule has 132 valence electrons. The number of amides is 1. The lowest BCUT2D eigenvalue weighted by molar-refractivity contribution is 0.0937. The van der Waals surface area contributed by atoms with Crippen LogP contribution >= 0.6 is 0 Å². The topological polar surface area (TPSA) is 76.1 Å². The smallest absolute Gasteiger partial charge is 0.271 e. The molecule has 0 atom stereocenters. The van der Waals surface area contributed by atoms with Crippen molar-refractivity contribution in [3.63, 3.8) is 0 Å². The molecular weight excluding hydrogens is 328 g/mol. The Kier molecular flexibility index (Phi) is 5.43. The highest BCUT2D eigenvalue weighted by atomic mass is 16.5. The van der Waals surface area contributed by atoms with E-state index in [1.54, 1.807) is 12.1 Å². The zero-order valence-corrected chi connectivity index (χ0v) is 14.6. The molecular formula is C20H20N4O2. The fourth-order valence-electron chi connectivity index (χ4n) is 2.23. The Morgan fingerprint density at radius 3 is 2.19 bits per heavy atom. The van der Waals surface area contributed by atoms with Crippen molar-refractivity contribution in [1.29, 1.82) is 0 Å². The largest absolute Gasteiger partial charge is 0.457 e. The number of hydrogen-bond donors (Lipinski definition) is 2. The molecule has 6 nitrogen and oxygen atoms in total. The lowest BCUT2D eigenvalue weighted by Gasteiger charge is -2.09. The summed E-state index contributed by atoms with van der Waals surface area (Å²) in [5.41, 5.74) is 1.13. The summed E-state index contributed by atoms with van der Waals surface area (Å²) in [5.74, 6) is 1.85. The first-order valence-electron chi connectivity index (χ1n) is 8.35. The third kappa shape index (κ3) is 4.80. The van der Waals surface area contributed by atoms with E-state index in [0.717, 1.165) is 17.2 Å². The van der Waals surface area contributed by atoms with E-state index in [4.69, 9.17) is 4.74 Å². The van der Waals surface area contributed by atoms with E-state index in [-0.39, 0.29) is 17.6 Å². The van der Waals surface area contributed by atoms with Crippen LogP contribution in [0.4, 0.5) is 11.5 Å². The molecule has 0 bridgehead atoms. The lowest BCUT2D eigenvalue weighted by atomic mass is 10.3.